The highest BCUT2D eigenvalue weighted by Crippen LogP contribution is 2.50. The number of anilines is 1. The molecule has 3 atom stereocenters. The van der Waals surface area contributed by atoms with Crippen LogP contribution >= 0.6 is 11.6 Å². The van der Waals surface area contributed by atoms with Crippen molar-refractivity contribution in [2.75, 3.05) is 19.1 Å². The molecule has 0 aliphatic carbocycles. The first-order chi connectivity index (χ1) is 13.8. The van der Waals surface area contributed by atoms with Crippen molar-refractivity contribution in [2.24, 2.45) is 0 Å². The third-order valence-electron chi connectivity index (χ3n) is 7.11. The lowest BCUT2D eigenvalue weighted by molar-refractivity contribution is -0.0976. The van der Waals surface area contributed by atoms with E-state index in [1.165, 1.54) is 24.8 Å². The van der Waals surface area contributed by atoms with Crippen LogP contribution in [0.1, 0.15) is 51.5 Å². The topological polar surface area (TPSA) is 41.5 Å². The first-order valence-corrected chi connectivity index (χ1v) is 10.8. The van der Waals surface area contributed by atoms with Crippen molar-refractivity contribution in [1.82, 2.24) is 15.1 Å². The van der Waals surface area contributed by atoms with Gasteiger partial charge in [-0.1, -0.05) is 23.7 Å². The smallest absolute Gasteiger partial charge is 0.151 e. The Labute approximate surface area is 179 Å². The Kier molecular flexibility index (Phi) is 5.47. The molecule has 2 saturated heterocycles. The number of piperidine rings is 2. The van der Waals surface area contributed by atoms with Crippen LogP contribution in [0.15, 0.2) is 36.4 Å². The molecule has 5 nitrogen and oxygen atoms in total. The van der Waals surface area contributed by atoms with Crippen molar-refractivity contribution in [3.63, 3.8) is 0 Å². The van der Waals surface area contributed by atoms with Gasteiger partial charge in [-0.05, 0) is 75.8 Å². The highest BCUT2D eigenvalue weighted by Gasteiger charge is 2.52. The maximum absolute atomic E-state index is 5.93. The number of fused-ring (bicyclic) bond motifs is 2. The predicted molar refractivity (Wildman–Crippen MR) is 118 cm³/mol. The zero-order valence-corrected chi connectivity index (χ0v) is 18.6. The summed E-state index contributed by atoms with van der Waals surface area (Å²) in [5.41, 5.74) is 1.69. The summed E-state index contributed by atoms with van der Waals surface area (Å²) in [6.45, 7) is 5.87. The monoisotopic (exact) mass is 414 g/mol. The van der Waals surface area contributed by atoms with Crippen LogP contribution in [0.5, 0.6) is 5.75 Å². The van der Waals surface area contributed by atoms with Gasteiger partial charge in [-0.15, -0.1) is 10.2 Å². The van der Waals surface area contributed by atoms with Gasteiger partial charge in [0.05, 0.1) is 7.11 Å². The largest absolute Gasteiger partial charge is 0.497 e. The van der Waals surface area contributed by atoms with Gasteiger partial charge in [0.25, 0.3) is 0 Å². The minimum atomic E-state index is 0.171. The van der Waals surface area contributed by atoms with Crippen LogP contribution in [0.2, 0.25) is 5.15 Å². The Morgan fingerprint density at radius 1 is 1.07 bits per heavy atom. The maximum atomic E-state index is 5.93. The summed E-state index contributed by atoms with van der Waals surface area (Å²) < 4.78 is 5.32. The summed E-state index contributed by atoms with van der Waals surface area (Å²) in [6.07, 6.45) is 6.01. The van der Waals surface area contributed by atoms with Crippen molar-refractivity contribution in [3.05, 3.63) is 47.1 Å². The van der Waals surface area contributed by atoms with E-state index in [1.807, 2.05) is 12.1 Å². The molecule has 2 aliphatic rings. The molecular formula is C23H31ClN4O. The Morgan fingerprint density at radius 3 is 2.28 bits per heavy atom. The van der Waals surface area contributed by atoms with Gasteiger partial charge in [-0.3, -0.25) is 4.90 Å². The molecule has 2 bridgehead atoms. The fraction of sp³-hybridized carbons (Fsp3) is 0.565. The highest BCUT2D eigenvalue weighted by atomic mass is 35.5. The average molecular weight is 415 g/mol. The van der Waals surface area contributed by atoms with E-state index in [1.54, 1.807) is 7.11 Å². The average Bonchev–Trinajstić information content (AvgIpc) is 2.70. The fourth-order valence-corrected chi connectivity index (χ4v) is 5.64. The Hall–Kier alpha value is -1.85. The van der Waals surface area contributed by atoms with E-state index < -0.39 is 0 Å². The van der Waals surface area contributed by atoms with Gasteiger partial charge in [-0.2, -0.15) is 0 Å². The highest BCUT2D eigenvalue weighted by molar-refractivity contribution is 6.29. The molecule has 3 heterocycles. The van der Waals surface area contributed by atoms with Crippen molar-refractivity contribution >= 4 is 17.4 Å². The SMILES string of the molecule is COc1ccc(CN2[C@@]3(C)CCC[C@]2(C)C[C@@H](N(C)c2ccc(Cl)nn2)C3)cc1. The first kappa shape index (κ1) is 20.4. The van der Waals surface area contributed by atoms with E-state index in [-0.39, 0.29) is 11.1 Å². The van der Waals surface area contributed by atoms with E-state index in [4.69, 9.17) is 16.3 Å². The Balaban J connectivity index is 1.57. The standard InChI is InChI=1S/C23H31ClN4O/c1-22-12-5-13-23(2,28(22)16-17-6-8-19(29-4)9-7-17)15-18(14-22)27(3)21-11-10-20(24)25-26-21/h6-11,18H,5,12-16H2,1-4H3/t18-,22-,23+. The molecule has 0 radical (unpaired) electrons. The number of hydrogen-bond donors (Lipinski definition) is 0. The van der Waals surface area contributed by atoms with Crippen LogP contribution in [-0.2, 0) is 6.54 Å². The summed E-state index contributed by atoms with van der Waals surface area (Å²) >= 11 is 5.93. The molecule has 6 heteroatoms. The Morgan fingerprint density at radius 2 is 1.72 bits per heavy atom. The second kappa shape index (κ2) is 7.77. The minimum absolute atomic E-state index is 0.171. The molecule has 2 aromatic rings. The van der Waals surface area contributed by atoms with Crippen molar-refractivity contribution in [1.29, 1.82) is 0 Å². The molecule has 1 aromatic heterocycles. The summed E-state index contributed by atoms with van der Waals surface area (Å²) in [7, 11) is 3.86. The van der Waals surface area contributed by atoms with Gasteiger partial charge in [-0.25, -0.2) is 0 Å². The normalized spacial score (nSPS) is 29.5. The fourth-order valence-electron chi connectivity index (χ4n) is 5.54. The molecule has 2 fully saturated rings. The lowest BCUT2D eigenvalue weighted by Crippen LogP contribution is -2.67. The van der Waals surface area contributed by atoms with Gasteiger partial charge < -0.3 is 9.64 Å². The number of hydrogen-bond acceptors (Lipinski definition) is 5. The van der Waals surface area contributed by atoms with E-state index >= 15 is 0 Å². The van der Waals surface area contributed by atoms with Crippen LogP contribution in [0.4, 0.5) is 5.82 Å². The van der Waals surface area contributed by atoms with Crippen LogP contribution in [-0.4, -0.2) is 46.4 Å². The number of ether oxygens (including phenoxy) is 1. The van der Waals surface area contributed by atoms with E-state index in [9.17, 15) is 0 Å². The molecule has 156 valence electrons. The van der Waals surface area contributed by atoms with Crippen LogP contribution < -0.4 is 9.64 Å². The lowest BCUT2D eigenvalue weighted by atomic mass is 9.66. The summed E-state index contributed by atoms with van der Waals surface area (Å²) in [6, 6.07) is 12.8. The van der Waals surface area contributed by atoms with Gasteiger partial charge in [0, 0.05) is 30.7 Å². The number of nitrogens with zero attached hydrogens (tertiary/aromatic N) is 4. The van der Waals surface area contributed by atoms with Crippen LogP contribution in [0, 0.1) is 0 Å². The summed E-state index contributed by atoms with van der Waals surface area (Å²) in [4.78, 5) is 5.07. The molecular weight excluding hydrogens is 384 g/mol. The molecule has 29 heavy (non-hydrogen) atoms. The molecule has 4 rings (SSSR count). The molecule has 0 saturated carbocycles. The molecule has 2 aliphatic heterocycles. The minimum Gasteiger partial charge on any atom is -0.497 e. The number of methoxy groups -OCH3 is 1. The molecule has 0 amide bonds. The van der Waals surface area contributed by atoms with Gasteiger partial charge in [0.1, 0.15) is 5.75 Å². The van der Waals surface area contributed by atoms with Crippen molar-refractivity contribution in [2.45, 2.75) is 69.6 Å². The van der Waals surface area contributed by atoms with Crippen LogP contribution in [0.25, 0.3) is 0 Å². The lowest BCUT2D eigenvalue weighted by Gasteiger charge is -2.62. The second-order valence-electron chi connectivity index (χ2n) is 9.17. The van der Waals surface area contributed by atoms with E-state index in [0.717, 1.165) is 31.0 Å². The quantitative estimate of drug-likeness (QED) is 0.693. The van der Waals surface area contributed by atoms with Gasteiger partial charge >= 0.3 is 0 Å². The number of rotatable bonds is 5. The second-order valence-corrected chi connectivity index (χ2v) is 9.56. The first-order valence-electron chi connectivity index (χ1n) is 10.5. The van der Waals surface area contributed by atoms with Gasteiger partial charge in [0.15, 0.2) is 11.0 Å². The van der Waals surface area contributed by atoms with Crippen LogP contribution in [0.3, 0.4) is 0 Å². The molecule has 0 spiro atoms. The van der Waals surface area contributed by atoms with Crippen molar-refractivity contribution in [3.8, 4) is 5.75 Å². The van der Waals surface area contributed by atoms with Gasteiger partial charge in [0.2, 0.25) is 0 Å². The molecule has 1 aromatic carbocycles. The maximum Gasteiger partial charge on any atom is 0.151 e. The number of benzene rings is 1. The summed E-state index contributed by atoms with van der Waals surface area (Å²) in [5, 5.41) is 8.79. The molecule has 0 N–H and O–H groups in total. The zero-order valence-electron chi connectivity index (χ0n) is 17.9. The summed E-state index contributed by atoms with van der Waals surface area (Å²) in [5.74, 6) is 1.81. The zero-order chi connectivity index (χ0) is 20.6. The van der Waals surface area contributed by atoms with Crippen molar-refractivity contribution < 1.29 is 4.74 Å². The van der Waals surface area contributed by atoms with E-state index in [2.05, 4.69) is 65.2 Å². The number of halogens is 1. The molecule has 0 unspecified atom stereocenters. The number of aromatic nitrogens is 2. The third kappa shape index (κ3) is 3.95. The van der Waals surface area contributed by atoms with E-state index in [0.29, 0.717) is 11.2 Å². The Bertz CT molecular complexity index is 823. The third-order valence-corrected chi connectivity index (χ3v) is 7.31. The predicted octanol–water partition coefficient (Wildman–Crippen LogP) is 4.94.